The molecule has 0 saturated carbocycles. The van der Waals surface area contributed by atoms with Crippen LogP contribution in [0.2, 0.25) is 0 Å². The molecular weight excluding hydrogens is 282 g/mol. The largest absolute Gasteiger partial charge is 0.335 e. The summed E-state index contributed by atoms with van der Waals surface area (Å²) in [5, 5.41) is 7.05. The first-order valence-electron chi connectivity index (χ1n) is 7.53. The van der Waals surface area contributed by atoms with E-state index in [0.29, 0.717) is 13.1 Å². The molecule has 0 aromatic carbocycles. The predicted octanol–water partition coefficient (Wildman–Crippen LogP) is 1.21. The minimum atomic E-state index is -0.179. The second kappa shape index (κ2) is 5.98. The third-order valence-corrected chi connectivity index (χ3v) is 4.15. The first-order chi connectivity index (χ1) is 10.2. The number of nitrogens with zero attached hydrogens (tertiary/aromatic N) is 4. The Bertz CT molecular complexity index is 561. The number of piperazine rings is 1. The fraction of sp³-hybridized carbons (Fsp3) is 0.667. The fourth-order valence-corrected chi connectivity index (χ4v) is 2.16. The van der Waals surface area contributed by atoms with Crippen molar-refractivity contribution >= 4 is 17.6 Å². The van der Waals surface area contributed by atoms with Gasteiger partial charge in [0.05, 0.1) is 11.9 Å². The quantitative estimate of drug-likeness (QED) is 0.893. The number of aromatic nitrogens is 2. The smallest absolute Gasteiger partial charge is 0.318 e. The van der Waals surface area contributed by atoms with Crippen molar-refractivity contribution in [3.63, 3.8) is 0 Å². The van der Waals surface area contributed by atoms with Crippen LogP contribution in [0.25, 0.3) is 0 Å². The van der Waals surface area contributed by atoms with Crippen molar-refractivity contribution in [2.45, 2.75) is 33.7 Å². The highest BCUT2D eigenvalue weighted by Gasteiger charge is 2.30. The lowest BCUT2D eigenvalue weighted by Crippen LogP contribution is -2.57. The van der Waals surface area contributed by atoms with Gasteiger partial charge in [-0.15, -0.1) is 0 Å². The lowest BCUT2D eigenvalue weighted by molar-refractivity contribution is -0.120. The van der Waals surface area contributed by atoms with E-state index in [-0.39, 0.29) is 29.9 Å². The summed E-state index contributed by atoms with van der Waals surface area (Å²) >= 11 is 0. The van der Waals surface area contributed by atoms with Crippen molar-refractivity contribution in [3.8, 4) is 0 Å². The topological polar surface area (TPSA) is 70.5 Å². The number of carbonyl (C=O) groups is 2. The highest BCUT2D eigenvalue weighted by molar-refractivity contribution is 5.97. The van der Waals surface area contributed by atoms with Gasteiger partial charge in [0.1, 0.15) is 6.54 Å². The van der Waals surface area contributed by atoms with Crippen LogP contribution in [0.4, 0.5) is 10.5 Å². The molecule has 1 aliphatic heterocycles. The third kappa shape index (κ3) is 3.58. The van der Waals surface area contributed by atoms with Crippen molar-refractivity contribution in [1.29, 1.82) is 0 Å². The molecule has 2 heterocycles. The highest BCUT2D eigenvalue weighted by atomic mass is 16.2. The van der Waals surface area contributed by atoms with E-state index in [4.69, 9.17) is 0 Å². The maximum atomic E-state index is 12.3. The van der Waals surface area contributed by atoms with Crippen molar-refractivity contribution in [2.24, 2.45) is 12.5 Å². The maximum Gasteiger partial charge on any atom is 0.318 e. The zero-order valence-electron chi connectivity index (χ0n) is 14.0. The number of nitrogens with one attached hydrogen (secondary N) is 1. The molecule has 22 heavy (non-hydrogen) atoms. The first kappa shape index (κ1) is 16.3. The van der Waals surface area contributed by atoms with Gasteiger partial charge in [0.15, 0.2) is 0 Å². The van der Waals surface area contributed by atoms with Gasteiger partial charge in [-0.25, -0.2) is 4.79 Å². The summed E-state index contributed by atoms with van der Waals surface area (Å²) in [7, 11) is 1.81. The van der Waals surface area contributed by atoms with E-state index in [9.17, 15) is 9.59 Å². The molecule has 0 bridgehead atoms. The lowest BCUT2D eigenvalue weighted by Gasteiger charge is -2.36. The van der Waals surface area contributed by atoms with Crippen LogP contribution in [0.3, 0.4) is 0 Å². The molecule has 1 fully saturated rings. The zero-order chi connectivity index (χ0) is 16.5. The Morgan fingerprint density at radius 2 is 2.05 bits per heavy atom. The summed E-state index contributed by atoms with van der Waals surface area (Å²) in [6.07, 6.45) is 3.46. The van der Waals surface area contributed by atoms with E-state index >= 15 is 0 Å². The van der Waals surface area contributed by atoms with E-state index in [1.165, 1.54) is 0 Å². The van der Waals surface area contributed by atoms with Gasteiger partial charge in [-0.3, -0.25) is 9.48 Å². The molecule has 2 rings (SSSR count). The molecule has 3 amide bonds. The van der Waals surface area contributed by atoms with Gasteiger partial charge < -0.3 is 15.1 Å². The first-order valence-corrected chi connectivity index (χ1v) is 7.53. The Labute approximate surface area is 131 Å². The molecule has 1 N–H and O–H groups in total. The standard InChI is InChI=1S/C15H25N5O2/c1-11(15(2,3)4)17-14(22)19-6-7-20(13(21)10-19)12-8-16-18(5)9-12/h8-9,11H,6-7,10H2,1-5H3,(H,17,22). The van der Waals surface area contributed by atoms with Crippen LogP contribution in [0, 0.1) is 5.41 Å². The van der Waals surface area contributed by atoms with Crippen LogP contribution in [0.15, 0.2) is 12.4 Å². The summed E-state index contributed by atoms with van der Waals surface area (Å²) in [6, 6.07) is -0.145. The molecule has 1 aromatic heterocycles. The van der Waals surface area contributed by atoms with Gasteiger partial charge in [-0.2, -0.15) is 5.10 Å². The molecule has 122 valence electrons. The monoisotopic (exact) mass is 307 g/mol. The Balaban J connectivity index is 1.95. The number of hydrogen-bond donors (Lipinski definition) is 1. The predicted molar refractivity (Wildman–Crippen MR) is 84.6 cm³/mol. The minimum absolute atomic E-state index is 0.0167. The SMILES string of the molecule is CC(NC(=O)N1CCN(c2cnn(C)c2)C(=O)C1)C(C)(C)C. The van der Waals surface area contributed by atoms with E-state index in [1.54, 1.807) is 26.9 Å². The summed E-state index contributed by atoms with van der Waals surface area (Å²) in [5.74, 6) is -0.0854. The molecule has 0 spiro atoms. The number of carbonyl (C=O) groups excluding carboxylic acids is 2. The Morgan fingerprint density at radius 1 is 1.36 bits per heavy atom. The van der Waals surface area contributed by atoms with Gasteiger partial charge in [0.25, 0.3) is 0 Å². The second-order valence-electron chi connectivity index (χ2n) is 6.88. The summed E-state index contributed by atoms with van der Waals surface area (Å²) < 4.78 is 1.66. The van der Waals surface area contributed by atoms with Crippen LogP contribution in [0.5, 0.6) is 0 Å². The Morgan fingerprint density at radius 3 is 2.55 bits per heavy atom. The van der Waals surface area contributed by atoms with Gasteiger partial charge in [0, 0.05) is 32.4 Å². The molecule has 1 saturated heterocycles. The molecule has 1 atom stereocenters. The van der Waals surface area contributed by atoms with Gasteiger partial charge in [-0.1, -0.05) is 20.8 Å². The maximum absolute atomic E-state index is 12.3. The number of aryl methyl sites for hydroxylation is 1. The molecule has 0 radical (unpaired) electrons. The zero-order valence-corrected chi connectivity index (χ0v) is 14.0. The van der Waals surface area contributed by atoms with Gasteiger partial charge >= 0.3 is 6.03 Å². The highest BCUT2D eigenvalue weighted by Crippen LogP contribution is 2.19. The molecule has 0 aliphatic carbocycles. The van der Waals surface area contributed by atoms with Crippen molar-refractivity contribution < 1.29 is 9.59 Å². The van der Waals surface area contributed by atoms with Crippen LogP contribution in [-0.4, -0.2) is 52.3 Å². The van der Waals surface area contributed by atoms with Gasteiger partial charge in [-0.05, 0) is 12.3 Å². The average Bonchev–Trinajstić information content (AvgIpc) is 2.83. The van der Waals surface area contributed by atoms with Crippen molar-refractivity contribution in [1.82, 2.24) is 20.0 Å². The number of amides is 3. The van der Waals surface area contributed by atoms with E-state index in [1.807, 2.05) is 14.0 Å². The summed E-state index contributed by atoms with van der Waals surface area (Å²) in [4.78, 5) is 27.8. The van der Waals surface area contributed by atoms with Crippen LogP contribution >= 0.6 is 0 Å². The number of anilines is 1. The average molecular weight is 307 g/mol. The van der Waals surface area contributed by atoms with Crippen LogP contribution in [0.1, 0.15) is 27.7 Å². The summed E-state index contributed by atoms with van der Waals surface area (Å²) in [6.45, 7) is 9.30. The number of rotatable bonds is 2. The van der Waals surface area contributed by atoms with Crippen molar-refractivity contribution in [3.05, 3.63) is 12.4 Å². The fourth-order valence-electron chi connectivity index (χ4n) is 2.16. The molecule has 7 heteroatoms. The number of hydrogen-bond acceptors (Lipinski definition) is 3. The molecule has 1 unspecified atom stereocenters. The number of urea groups is 1. The summed E-state index contributed by atoms with van der Waals surface area (Å²) in [5.41, 5.74) is 0.757. The van der Waals surface area contributed by atoms with E-state index in [0.717, 1.165) is 5.69 Å². The second-order valence-corrected chi connectivity index (χ2v) is 6.88. The molecule has 1 aliphatic rings. The van der Waals surface area contributed by atoms with Crippen LogP contribution < -0.4 is 10.2 Å². The van der Waals surface area contributed by atoms with Gasteiger partial charge in [0.2, 0.25) is 5.91 Å². The molecule has 1 aromatic rings. The lowest BCUT2D eigenvalue weighted by atomic mass is 9.88. The van der Waals surface area contributed by atoms with E-state index < -0.39 is 0 Å². The molecular formula is C15H25N5O2. The minimum Gasteiger partial charge on any atom is -0.335 e. The molecule has 7 nitrogen and oxygen atoms in total. The van der Waals surface area contributed by atoms with Crippen molar-refractivity contribution in [2.75, 3.05) is 24.5 Å². The van der Waals surface area contributed by atoms with E-state index in [2.05, 4.69) is 31.2 Å². The third-order valence-electron chi connectivity index (χ3n) is 4.15. The normalized spacial score (nSPS) is 17.6. The Hall–Kier alpha value is -2.05. The Kier molecular flexibility index (Phi) is 4.44. The van der Waals surface area contributed by atoms with Crippen LogP contribution in [-0.2, 0) is 11.8 Å².